The Kier molecular flexibility index (Phi) is 68.0. The first-order valence-corrected chi connectivity index (χ1v) is 36.7. The van der Waals surface area contributed by atoms with Crippen LogP contribution in [0.4, 0.5) is 0 Å². The first kappa shape index (κ1) is 78.1. The standard InChI is InChI=1S/C74H142O6/c1-4-7-10-13-16-19-22-25-28-31-33-34-35-36-37-38-39-41-43-46-49-52-55-58-61-64-67-73(76)79-70-71(69-78-72(75)66-63-60-57-54-51-48-45-42-30-27-24-21-18-15-12-9-6-3)80-74(77)68-65-62-59-56-53-50-47-44-40-32-29-26-23-20-17-14-11-8-5-2/h27,30,71H,4-26,28-29,31-70H2,1-3H3/b30-27-. The average molecular weight is 1130 g/mol. The van der Waals surface area contributed by atoms with Crippen molar-refractivity contribution in [1.29, 1.82) is 0 Å². The molecule has 0 bridgehead atoms. The molecule has 0 aromatic rings. The van der Waals surface area contributed by atoms with Crippen LogP contribution in [0.15, 0.2) is 12.2 Å². The molecule has 0 saturated heterocycles. The lowest BCUT2D eigenvalue weighted by Gasteiger charge is -2.18. The van der Waals surface area contributed by atoms with Gasteiger partial charge < -0.3 is 14.2 Å². The van der Waals surface area contributed by atoms with Gasteiger partial charge in [0.15, 0.2) is 6.10 Å². The topological polar surface area (TPSA) is 78.9 Å². The van der Waals surface area contributed by atoms with Crippen LogP contribution < -0.4 is 0 Å². The average Bonchev–Trinajstić information content (AvgIpc) is 3.46. The Bertz CT molecular complexity index is 1250. The number of ether oxygens (including phenoxy) is 3. The summed E-state index contributed by atoms with van der Waals surface area (Å²) in [5.74, 6) is -0.830. The zero-order valence-electron chi connectivity index (χ0n) is 54.6. The van der Waals surface area contributed by atoms with Gasteiger partial charge in [-0.05, 0) is 44.9 Å². The van der Waals surface area contributed by atoms with E-state index >= 15 is 0 Å². The minimum absolute atomic E-state index is 0.0640. The summed E-state index contributed by atoms with van der Waals surface area (Å²) in [5.41, 5.74) is 0. The van der Waals surface area contributed by atoms with E-state index in [2.05, 4.69) is 32.9 Å². The molecule has 0 spiro atoms. The Morgan fingerprint density at radius 3 is 0.625 bits per heavy atom. The molecule has 0 amide bonds. The summed E-state index contributed by atoms with van der Waals surface area (Å²) >= 11 is 0. The third kappa shape index (κ3) is 66.9. The summed E-state index contributed by atoms with van der Waals surface area (Å²) in [6.07, 6.45) is 83.9. The summed E-state index contributed by atoms with van der Waals surface area (Å²) in [7, 11) is 0. The summed E-state index contributed by atoms with van der Waals surface area (Å²) in [6.45, 7) is 6.73. The van der Waals surface area contributed by atoms with Gasteiger partial charge in [0.25, 0.3) is 0 Å². The number of allylic oxidation sites excluding steroid dienone is 2. The monoisotopic (exact) mass is 1130 g/mol. The zero-order valence-corrected chi connectivity index (χ0v) is 54.6. The minimum atomic E-state index is -0.768. The van der Waals surface area contributed by atoms with E-state index < -0.39 is 6.10 Å². The van der Waals surface area contributed by atoms with Gasteiger partial charge in [-0.25, -0.2) is 0 Å². The normalized spacial score (nSPS) is 12.0. The molecule has 0 heterocycles. The maximum absolute atomic E-state index is 13.0. The molecule has 0 aromatic carbocycles. The van der Waals surface area contributed by atoms with E-state index in [4.69, 9.17) is 14.2 Å². The van der Waals surface area contributed by atoms with Gasteiger partial charge in [-0.15, -0.1) is 0 Å². The number of rotatable bonds is 69. The number of carbonyl (C=O) groups is 3. The second-order valence-corrected chi connectivity index (χ2v) is 25.2. The molecule has 0 radical (unpaired) electrons. The van der Waals surface area contributed by atoms with Crippen molar-refractivity contribution >= 4 is 17.9 Å². The highest BCUT2D eigenvalue weighted by Crippen LogP contribution is 2.19. The first-order valence-electron chi connectivity index (χ1n) is 36.7. The smallest absolute Gasteiger partial charge is 0.306 e. The van der Waals surface area contributed by atoms with Crippen LogP contribution in [0.25, 0.3) is 0 Å². The van der Waals surface area contributed by atoms with E-state index in [1.54, 1.807) is 0 Å². The van der Waals surface area contributed by atoms with Gasteiger partial charge in [-0.1, -0.05) is 373 Å². The predicted molar refractivity (Wildman–Crippen MR) is 349 cm³/mol. The quantitative estimate of drug-likeness (QED) is 0.0261. The van der Waals surface area contributed by atoms with Crippen molar-refractivity contribution in [3.8, 4) is 0 Å². The fourth-order valence-corrected chi connectivity index (χ4v) is 11.5. The number of hydrogen-bond donors (Lipinski definition) is 0. The molecule has 0 fully saturated rings. The molecule has 0 aliphatic carbocycles. The third-order valence-corrected chi connectivity index (χ3v) is 17.0. The van der Waals surface area contributed by atoms with Gasteiger partial charge in [0.2, 0.25) is 0 Å². The lowest BCUT2D eigenvalue weighted by Crippen LogP contribution is -2.30. The Morgan fingerprint density at radius 2 is 0.412 bits per heavy atom. The minimum Gasteiger partial charge on any atom is -0.462 e. The van der Waals surface area contributed by atoms with E-state index in [0.29, 0.717) is 19.3 Å². The molecule has 1 atom stereocenters. The van der Waals surface area contributed by atoms with Crippen LogP contribution in [-0.2, 0) is 28.6 Å². The first-order chi connectivity index (χ1) is 39.5. The van der Waals surface area contributed by atoms with Gasteiger partial charge >= 0.3 is 17.9 Å². The van der Waals surface area contributed by atoms with E-state index in [1.807, 2.05) is 0 Å². The van der Waals surface area contributed by atoms with Crippen LogP contribution in [0, 0.1) is 0 Å². The van der Waals surface area contributed by atoms with Crippen molar-refractivity contribution in [2.75, 3.05) is 13.2 Å². The molecule has 6 nitrogen and oxygen atoms in total. The van der Waals surface area contributed by atoms with Crippen LogP contribution in [0.1, 0.15) is 425 Å². The fraction of sp³-hybridized carbons (Fsp3) is 0.932. The Hall–Kier alpha value is -1.85. The van der Waals surface area contributed by atoms with Gasteiger partial charge in [-0.2, -0.15) is 0 Å². The second kappa shape index (κ2) is 69.6. The SMILES string of the molecule is CCCCCCCC/C=C\CCCCCCCCCC(=O)OCC(COC(=O)CCCCCCCCCCCCCCCCCCCCCCCCCCCC)OC(=O)CCCCCCCCCCCCCCCCCCCCC. The molecule has 80 heavy (non-hydrogen) atoms. The van der Waals surface area contributed by atoms with Crippen LogP contribution in [-0.4, -0.2) is 37.2 Å². The number of carbonyl (C=O) groups excluding carboxylic acids is 3. The van der Waals surface area contributed by atoms with Crippen molar-refractivity contribution in [1.82, 2.24) is 0 Å². The Labute approximate surface area is 501 Å². The molecule has 1 unspecified atom stereocenters. The molecule has 0 saturated carbocycles. The van der Waals surface area contributed by atoms with Crippen molar-refractivity contribution in [3.05, 3.63) is 12.2 Å². The van der Waals surface area contributed by atoms with Crippen molar-refractivity contribution in [2.45, 2.75) is 431 Å². The van der Waals surface area contributed by atoms with Crippen LogP contribution in [0.3, 0.4) is 0 Å². The highest BCUT2D eigenvalue weighted by atomic mass is 16.6. The zero-order chi connectivity index (χ0) is 57.8. The summed E-state index contributed by atoms with van der Waals surface area (Å²) in [5, 5.41) is 0. The van der Waals surface area contributed by atoms with E-state index in [1.165, 1.54) is 327 Å². The van der Waals surface area contributed by atoms with Crippen LogP contribution in [0.5, 0.6) is 0 Å². The molecule has 474 valence electrons. The van der Waals surface area contributed by atoms with Crippen molar-refractivity contribution in [3.63, 3.8) is 0 Å². The van der Waals surface area contributed by atoms with Crippen LogP contribution in [0.2, 0.25) is 0 Å². The van der Waals surface area contributed by atoms with Gasteiger partial charge in [0.05, 0.1) is 0 Å². The second-order valence-electron chi connectivity index (χ2n) is 25.2. The van der Waals surface area contributed by atoms with Gasteiger partial charge in [0, 0.05) is 19.3 Å². The summed E-state index contributed by atoms with van der Waals surface area (Å²) in [6, 6.07) is 0. The lowest BCUT2D eigenvalue weighted by molar-refractivity contribution is -0.167. The lowest BCUT2D eigenvalue weighted by atomic mass is 10.0. The molecule has 0 N–H and O–H groups in total. The third-order valence-electron chi connectivity index (χ3n) is 17.0. The predicted octanol–water partition coefficient (Wildman–Crippen LogP) is 25.2. The Morgan fingerprint density at radius 1 is 0.237 bits per heavy atom. The van der Waals surface area contributed by atoms with E-state index in [0.717, 1.165) is 57.8 Å². The maximum Gasteiger partial charge on any atom is 0.306 e. The fourth-order valence-electron chi connectivity index (χ4n) is 11.5. The Balaban J connectivity index is 4.23. The molecule has 0 aromatic heterocycles. The molecule has 0 rings (SSSR count). The number of hydrogen-bond acceptors (Lipinski definition) is 6. The largest absolute Gasteiger partial charge is 0.462 e. The number of unbranched alkanes of at least 4 members (excludes halogenated alkanes) is 56. The molecule has 6 heteroatoms. The molecular formula is C74H142O6. The van der Waals surface area contributed by atoms with Gasteiger partial charge in [0.1, 0.15) is 13.2 Å². The molecule has 0 aliphatic heterocycles. The highest BCUT2D eigenvalue weighted by Gasteiger charge is 2.20. The van der Waals surface area contributed by atoms with Crippen molar-refractivity contribution in [2.24, 2.45) is 0 Å². The summed E-state index contributed by atoms with van der Waals surface area (Å²) in [4.78, 5) is 38.5. The van der Waals surface area contributed by atoms with E-state index in [9.17, 15) is 14.4 Å². The highest BCUT2D eigenvalue weighted by molar-refractivity contribution is 5.71. The maximum atomic E-state index is 13.0. The molecule has 0 aliphatic rings. The number of esters is 3. The van der Waals surface area contributed by atoms with Crippen molar-refractivity contribution < 1.29 is 28.6 Å². The van der Waals surface area contributed by atoms with Gasteiger partial charge in [-0.3, -0.25) is 14.4 Å². The summed E-state index contributed by atoms with van der Waals surface area (Å²) < 4.78 is 17.0. The van der Waals surface area contributed by atoms with E-state index in [-0.39, 0.29) is 31.1 Å². The van der Waals surface area contributed by atoms with Crippen LogP contribution >= 0.6 is 0 Å². The molecular weight excluding hydrogens is 985 g/mol.